The fourth-order valence-corrected chi connectivity index (χ4v) is 2.87. The average Bonchev–Trinajstić information content (AvgIpc) is 2.86. The first-order valence-corrected chi connectivity index (χ1v) is 7.70. The maximum Gasteiger partial charge on any atom is 0.255 e. The summed E-state index contributed by atoms with van der Waals surface area (Å²) in [5.74, 6) is 0.960. The molecule has 0 bridgehead atoms. The van der Waals surface area contributed by atoms with E-state index >= 15 is 0 Å². The van der Waals surface area contributed by atoms with Crippen LogP contribution in [0.3, 0.4) is 0 Å². The van der Waals surface area contributed by atoms with Gasteiger partial charge < -0.3 is 10.2 Å². The van der Waals surface area contributed by atoms with Gasteiger partial charge in [-0.2, -0.15) is 0 Å². The Kier molecular flexibility index (Phi) is 4.99. The second-order valence-electron chi connectivity index (χ2n) is 5.56. The molecule has 4 heteroatoms. The predicted molar refractivity (Wildman–Crippen MR) is 82.0 cm³/mol. The van der Waals surface area contributed by atoms with Gasteiger partial charge in [0.1, 0.15) is 5.82 Å². The lowest BCUT2D eigenvalue weighted by Gasteiger charge is -2.28. The molecule has 1 fully saturated rings. The molecule has 0 aliphatic carbocycles. The maximum atomic E-state index is 12.6. The zero-order chi connectivity index (χ0) is 14.5. The SMILES string of the molecule is CCCNc1ccc(C(=O)N2C(C)CCC2CC)cn1. The molecule has 2 rings (SSSR count). The number of nitrogens with one attached hydrogen (secondary N) is 1. The summed E-state index contributed by atoms with van der Waals surface area (Å²) in [6.07, 6.45) is 6.00. The molecule has 4 nitrogen and oxygen atoms in total. The zero-order valence-electron chi connectivity index (χ0n) is 12.7. The number of nitrogens with zero attached hydrogens (tertiary/aromatic N) is 2. The minimum atomic E-state index is 0.122. The van der Waals surface area contributed by atoms with Gasteiger partial charge in [0.15, 0.2) is 0 Å². The molecule has 1 amide bonds. The molecule has 2 heterocycles. The third kappa shape index (κ3) is 3.11. The summed E-state index contributed by atoms with van der Waals surface area (Å²) >= 11 is 0. The van der Waals surface area contributed by atoms with E-state index in [9.17, 15) is 4.79 Å². The minimum Gasteiger partial charge on any atom is -0.370 e. The van der Waals surface area contributed by atoms with Gasteiger partial charge >= 0.3 is 0 Å². The fourth-order valence-electron chi connectivity index (χ4n) is 2.87. The van der Waals surface area contributed by atoms with Crippen LogP contribution in [0.1, 0.15) is 56.8 Å². The highest BCUT2D eigenvalue weighted by Gasteiger charge is 2.33. The number of amides is 1. The van der Waals surface area contributed by atoms with Crippen molar-refractivity contribution in [2.75, 3.05) is 11.9 Å². The Balaban J connectivity index is 2.08. The molecule has 0 aromatic carbocycles. The van der Waals surface area contributed by atoms with E-state index < -0.39 is 0 Å². The zero-order valence-corrected chi connectivity index (χ0v) is 12.7. The Labute approximate surface area is 121 Å². The molecule has 0 radical (unpaired) electrons. The third-order valence-electron chi connectivity index (χ3n) is 4.06. The van der Waals surface area contributed by atoms with Crippen molar-refractivity contribution >= 4 is 11.7 Å². The fraction of sp³-hybridized carbons (Fsp3) is 0.625. The molecule has 0 saturated carbocycles. The van der Waals surface area contributed by atoms with Gasteiger partial charge in [0, 0.05) is 24.8 Å². The van der Waals surface area contributed by atoms with Crippen molar-refractivity contribution in [2.24, 2.45) is 0 Å². The number of hydrogen-bond donors (Lipinski definition) is 1. The molecular formula is C16H25N3O. The van der Waals surface area contributed by atoms with Gasteiger partial charge in [-0.3, -0.25) is 4.79 Å². The van der Waals surface area contributed by atoms with Gasteiger partial charge in [-0.15, -0.1) is 0 Å². The monoisotopic (exact) mass is 275 g/mol. The number of rotatable bonds is 5. The van der Waals surface area contributed by atoms with Crippen LogP contribution >= 0.6 is 0 Å². The minimum absolute atomic E-state index is 0.122. The van der Waals surface area contributed by atoms with Crippen LogP contribution in [-0.4, -0.2) is 34.4 Å². The summed E-state index contributed by atoms with van der Waals surface area (Å²) in [5.41, 5.74) is 0.694. The van der Waals surface area contributed by atoms with Crippen LogP contribution in [0.25, 0.3) is 0 Å². The summed E-state index contributed by atoms with van der Waals surface area (Å²) in [4.78, 5) is 19.0. The Morgan fingerprint density at radius 3 is 2.80 bits per heavy atom. The molecule has 1 saturated heterocycles. The first-order chi connectivity index (χ1) is 9.67. The maximum absolute atomic E-state index is 12.6. The largest absolute Gasteiger partial charge is 0.370 e. The van der Waals surface area contributed by atoms with Crippen molar-refractivity contribution < 1.29 is 4.79 Å². The van der Waals surface area contributed by atoms with Crippen LogP contribution < -0.4 is 5.32 Å². The normalized spacial score (nSPS) is 22.1. The van der Waals surface area contributed by atoms with Crippen molar-refractivity contribution in [1.82, 2.24) is 9.88 Å². The Bertz CT molecular complexity index is 444. The molecule has 1 aliphatic heterocycles. The Morgan fingerprint density at radius 1 is 1.40 bits per heavy atom. The summed E-state index contributed by atoms with van der Waals surface area (Å²) in [6.45, 7) is 7.31. The summed E-state index contributed by atoms with van der Waals surface area (Å²) in [6, 6.07) is 4.50. The van der Waals surface area contributed by atoms with Gasteiger partial charge in [0.25, 0.3) is 5.91 Å². The molecule has 1 aromatic heterocycles. The molecule has 2 atom stereocenters. The Hall–Kier alpha value is -1.58. The molecule has 2 unspecified atom stereocenters. The molecule has 1 N–H and O–H groups in total. The van der Waals surface area contributed by atoms with Gasteiger partial charge in [-0.05, 0) is 44.7 Å². The molecule has 0 spiro atoms. The van der Waals surface area contributed by atoms with E-state index in [2.05, 4.69) is 31.1 Å². The highest BCUT2D eigenvalue weighted by molar-refractivity contribution is 5.94. The molecule has 1 aromatic rings. The number of hydrogen-bond acceptors (Lipinski definition) is 3. The van der Waals surface area contributed by atoms with Crippen molar-refractivity contribution in [2.45, 2.75) is 58.5 Å². The van der Waals surface area contributed by atoms with Gasteiger partial charge in [0.2, 0.25) is 0 Å². The van der Waals surface area contributed by atoms with E-state index in [1.807, 2.05) is 17.0 Å². The highest BCUT2D eigenvalue weighted by Crippen LogP contribution is 2.27. The summed E-state index contributed by atoms with van der Waals surface area (Å²) in [7, 11) is 0. The van der Waals surface area contributed by atoms with Crippen LogP contribution in [0.5, 0.6) is 0 Å². The molecule has 20 heavy (non-hydrogen) atoms. The second kappa shape index (κ2) is 6.73. The topological polar surface area (TPSA) is 45.2 Å². The van der Waals surface area contributed by atoms with Crippen LogP contribution in [0.15, 0.2) is 18.3 Å². The first-order valence-electron chi connectivity index (χ1n) is 7.70. The second-order valence-corrected chi connectivity index (χ2v) is 5.56. The Morgan fingerprint density at radius 2 is 2.20 bits per heavy atom. The number of carbonyl (C=O) groups is 1. The third-order valence-corrected chi connectivity index (χ3v) is 4.06. The number of carbonyl (C=O) groups excluding carboxylic acids is 1. The van der Waals surface area contributed by atoms with Gasteiger partial charge in [-0.25, -0.2) is 4.98 Å². The first kappa shape index (κ1) is 14.8. The average molecular weight is 275 g/mol. The van der Waals surface area contributed by atoms with E-state index in [1.54, 1.807) is 6.20 Å². The summed E-state index contributed by atoms with van der Waals surface area (Å²) < 4.78 is 0. The number of likely N-dealkylation sites (tertiary alicyclic amines) is 1. The summed E-state index contributed by atoms with van der Waals surface area (Å²) in [5, 5.41) is 3.22. The van der Waals surface area contributed by atoms with E-state index in [1.165, 1.54) is 0 Å². The van der Waals surface area contributed by atoms with E-state index in [0.29, 0.717) is 17.6 Å². The van der Waals surface area contributed by atoms with E-state index in [-0.39, 0.29) is 5.91 Å². The van der Waals surface area contributed by atoms with E-state index in [0.717, 1.165) is 38.0 Å². The lowest BCUT2D eigenvalue weighted by Crippen LogP contribution is -2.39. The van der Waals surface area contributed by atoms with Crippen molar-refractivity contribution in [3.05, 3.63) is 23.9 Å². The molecule has 110 valence electrons. The van der Waals surface area contributed by atoms with Crippen LogP contribution in [0.4, 0.5) is 5.82 Å². The quantitative estimate of drug-likeness (QED) is 0.896. The predicted octanol–water partition coefficient (Wildman–Crippen LogP) is 3.31. The van der Waals surface area contributed by atoms with Crippen molar-refractivity contribution in [1.29, 1.82) is 0 Å². The van der Waals surface area contributed by atoms with Gasteiger partial charge in [0.05, 0.1) is 5.56 Å². The lowest BCUT2D eigenvalue weighted by atomic mass is 10.1. The number of pyridine rings is 1. The van der Waals surface area contributed by atoms with Crippen LogP contribution in [-0.2, 0) is 0 Å². The lowest BCUT2D eigenvalue weighted by molar-refractivity contribution is 0.0676. The highest BCUT2D eigenvalue weighted by atomic mass is 16.2. The van der Waals surface area contributed by atoms with Gasteiger partial charge in [-0.1, -0.05) is 13.8 Å². The van der Waals surface area contributed by atoms with Crippen LogP contribution in [0, 0.1) is 0 Å². The number of anilines is 1. The van der Waals surface area contributed by atoms with Crippen LogP contribution in [0.2, 0.25) is 0 Å². The number of aromatic nitrogens is 1. The smallest absolute Gasteiger partial charge is 0.255 e. The standard InChI is InChI=1S/C16H25N3O/c1-4-10-17-15-9-7-13(11-18-15)16(20)19-12(3)6-8-14(19)5-2/h7,9,11-12,14H,4-6,8,10H2,1-3H3,(H,17,18). The molecular weight excluding hydrogens is 250 g/mol. The molecule has 1 aliphatic rings. The van der Waals surface area contributed by atoms with Crippen molar-refractivity contribution in [3.8, 4) is 0 Å². The van der Waals surface area contributed by atoms with E-state index in [4.69, 9.17) is 0 Å². The van der Waals surface area contributed by atoms with Crippen molar-refractivity contribution in [3.63, 3.8) is 0 Å².